The standard InChI is InChI=1S/C22H24N2/c1-16-13-18(3)20(14-16)15-22(19-10-5-4-6-11-19)24-23-21-12-8-7-9-17(21)2/h4-13,23H,14-15H2,1-3H3. The molecule has 0 aliphatic heterocycles. The summed E-state index contributed by atoms with van der Waals surface area (Å²) < 4.78 is 0. The van der Waals surface area contributed by atoms with Crippen molar-refractivity contribution >= 4 is 11.4 Å². The molecule has 1 aliphatic rings. The van der Waals surface area contributed by atoms with Crippen LogP contribution >= 0.6 is 0 Å². The van der Waals surface area contributed by atoms with Crippen molar-refractivity contribution < 1.29 is 0 Å². The van der Waals surface area contributed by atoms with Crippen LogP contribution in [0.25, 0.3) is 0 Å². The van der Waals surface area contributed by atoms with Gasteiger partial charge in [0.25, 0.3) is 0 Å². The third-order valence-corrected chi connectivity index (χ3v) is 4.46. The smallest absolute Gasteiger partial charge is 0.0720 e. The zero-order chi connectivity index (χ0) is 16.9. The minimum atomic E-state index is 0.878. The number of aryl methyl sites for hydroxylation is 1. The fourth-order valence-electron chi connectivity index (χ4n) is 3.07. The molecule has 0 spiro atoms. The summed E-state index contributed by atoms with van der Waals surface area (Å²) in [5, 5.41) is 4.76. The normalized spacial score (nSPS) is 14.8. The van der Waals surface area contributed by atoms with Crippen LogP contribution in [0.3, 0.4) is 0 Å². The second-order valence-electron chi connectivity index (χ2n) is 6.48. The van der Waals surface area contributed by atoms with Crippen molar-refractivity contribution in [1.82, 2.24) is 0 Å². The number of nitrogens with zero attached hydrogens (tertiary/aromatic N) is 1. The van der Waals surface area contributed by atoms with Gasteiger partial charge < -0.3 is 0 Å². The Balaban J connectivity index is 1.87. The van der Waals surface area contributed by atoms with Gasteiger partial charge in [-0.1, -0.05) is 71.3 Å². The number of hydrogen-bond donors (Lipinski definition) is 1. The molecular formula is C22H24N2. The van der Waals surface area contributed by atoms with Gasteiger partial charge in [0.2, 0.25) is 0 Å². The Hall–Kier alpha value is -2.61. The first-order valence-electron chi connectivity index (χ1n) is 8.43. The summed E-state index contributed by atoms with van der Waals surface area (Å²) in [4.78, 5) is 0. The number of allylic oxidation sites excluding steroid dienone is 4. The number of benzene rings is 2. The van der Waals surface area contributed by atoms with Gasteiger partial charge in [-0.05, 0) is 44.4 Å². The van der Waals surface area contributed by atoms with Gasteiger partial charge in [-0.25, -0.2) is 0 Å². The highest BCUT2D eigenvalue weighted by atomic mass is 15.3. The van der Waals surface area contributed by atoms with Crippen LogP contribution in [-0.2, 0) is 0 Å². The molecule has 0 saturated heterocycles. The zero-order valence-electron chi connectivity index (χ0n) is 14.6. The number of hydrogen-bond acceptors (Lipinski definition) is 2. The molecule has 0 saturated carbocycles. The molecule has 1 N–H and O–H groups in total. The summed E-state index contributed by atoms with van der Waals surface area (Å²) in [6.45, 7) is 6.49. The molecule has 3 rings (SSSR count). The summed E-state index contributed by atoms with van der Waals surface area (Å²) in [6.07, 6.45) is 4.22. The third-order valence-electron chi connectivity index (χ3n) is 4.46. The molecule has 2 heteroatoms. The summed E-state index contributed by atoms with van der Waals surface area (Å²) in [7, 11) is 0. The maximum absolute atomic E-state index is 4.76. The first-order valence-corrected chi connectivity index (χ1v) is 8.43. The molecule has 0 bridgehead atoms. The van der Waals surface area contributed by atoms with E-state index in [-0.39, 0.29) is 0 Å². The van der Waals surface area contributed by atoms with E-state index in [9.17, 15) is 0 Å². The van der Waals surface area contributed by atoms with E-state index in [4.69, 9.17) is 5.10 Å². The largest absolute Gasteiger partial charge is 0.278 e. The van der Waals surface area contributed by atoms with Crippen LogP contribution in [0.15, 0.2) is 82.5 Å². The van der Waals surface area contributed by atoms with Gasteiger partial charge in [-0.2, -0.15) is 5.10 Å². The molecule has 0 fully saturated rings. The minimum absolute atomic E-state index is 0.878. The highest BCUT2D eigenvalue weighted by Crippen LogP contribution is 2.28. The van der Waals surface area contributed by atoms with Crippen LogP contribution in [0.5, 0.6) is 0 Å². The second kappa shape index (κ2) is 7.31. The summed E-state index contributed by atoms with van der Waals surface area (Å²) in [5.41, 5.74) is 12.0. The molecular weight excluding hydrogens is 292 g/mol. The molecule has 2 nitrogen and oxygen atoms in total. The maximum Gasteiger partial charge on any atom is 0.0720 e. The Labute approximate surface area is 144 Å². The lowest BCUT2D eigenvalue weighted by molar-refractivity contribution is 1.08. The van der Waals surface area contributed by atoms with Gasteiger partial charge in [0.1, 0.15) is 0 Å². The quantitative estimate of drug-likeness (QED) is 0.541. The van der Waals surface area contributed by atoms with E-state index < -0.39 is 0 Å². The Morgan fingerprint density at radius 1 is 0.958 bits per heavy atom. The lowest BCUT2D eigenvalue weighted by Crippen LogP contribution is -2.07. The van der Waals surface area contributed by atoms with Crippen LogP contribution in [-0.4, -0.2) is 5.71 Å². The van der Waals surface area contributed by atoms with Crippen LogP contribution in [0.4, 0.5) is 5.69 Å². The lowest BCUT2D eigenvalue weighted by Gasteiger charge is -2.11. The number of hydrazone groups is 1. The maximum atomic E-state index is 4.76. The molecule has 122 valence electrons. The van der Waals surface area contributed by atoms with E-state index >= 15 is 0 Å². The zero-order valence-corrected chi connectivity index (χ0v) is 14.6. The van der Waals surface area contributed by atoms with E-state index in [0.717, 1.165) is 24.2 Å². The third kappa shape index (κ3) is 3.83. The van der Waals surface area contributed by atoms with E-state index in [1.165, 1.54) is 27.8 Å². The second-order valence-corrected chi connectivity index (χ2v) is 6.48. The topological polar surface area (TPSA) is 24.4 Å². The van der Waals surface area contributed by atoms with E-state index in [1.54, 1.807) is 0 Å². The number of nitrogens with one attached hydrogen (secondary N) is 1. The summed E-state index contributed by atoms with van der Waals surface area (Å²) in [6, 6.07) is 18.7. The van der Waals surface area contributed by atoms with E-state index in [2.05, 4.69) is 68.7 Å². The average molecular weight is 316 g/mol. The van der Waals surface area contributed by atoms with Crippen molar-refractivity contribution in [1.29, 1.82) is 0 Å². The van der Waals surface area contributed by atoms with Gasteiger partial charge in [0.05, 0.1) is 11.4 Å². The van der Waals surface area contributed by atoms with Crippen molar-refractivity contribution in [3.05, 3.63) is 88.5 Å². The summed E-state index contributed by atoms with van der Waals surface area (Å²) >= 11 is 0. The molecule has 0 aromatic heterocycles. The molecule has 0 heterocycles. The Morgan fingerprint density at radius 3 is 2.33 bits per heavy atom. The van der Waals surface area contributed by atoms with Crippen LogP contribution in [0, 0.1) is 6.92 Å². The predicted molar refractivity (Wildman–Crippen MR) is 103 cm³/mol. The van der Waals surface area contributed by atoms with Crippen LogP contribution in [0.1, 0.15) is 37.8 Å². The molecule has 2 aromatic carbocycles. The Morgan fingerprint density at radius 2 is 1.67 bits per heavy atom. The number of para-hydroxylation sites is 1. The van der Waals surface area contributed by atoms with Gasteiger partial charge in [0.15, 0.2) is 0 Å². The van der Waals surface area contributed by atoms with Gasteiger partial charge in [-0.15, -0.1) is 0 Å². The fraction of sp³-hybridized carbons (Fsp3) is 0.227. The molecule has 1 aliphatic carbocycles. The van der Waals surface area contributed by atoms with Crippen molar-refractivity contribution in [3.8, 4) is 0 Å². The Kier molecular flexibility index (Phi) is 4.95. The first kappa shape index (κ1) is 16.3. The van der Waals surface area contributed by atoms with Gasteiger partial charge >= 0.3 is 0 Å². The molecule has 0 amide bonds. The van der Waals surface area contributed by atoms with Crippen LogP contribution in [0.2, 0.25) is 0 Å². The Bertz CT molecular complexity index is 811. The fourth-order valence-corrected chi connectivity index (χ4v) is 3.07. The van der Waals surface area contributed by atoms with Crippen molar-refractivity contribution in [2.24, 2.45) is 5.10 Å². The SMILES string of the molecule is CC1=CC(C)=C(CC(=NNc2ccccc2C)c2ccccc2)C1. The molecule has 24 heavy (non-hydrogen) atoms. The van der Waals surface area contributed by atoms with Crippen LogP contribution < -0.4 is 5.43 Å². The highest BCUT2D eigenvalue weighted by molar-refractivity contribution is 6.02. The van der Waals surface area contributed by atoms with E-state index in [1.807, 2.05) is 18.2 Å². The summed E-state index contributed by atoms with van der Waals surface area (Å²) in [5.74, 6) is 0. The monoisotopic (exact) mass is 316 g/mol. The molecule has 0 atom stereocenters. The van der Waals surface area contributed by atoms with Crippen molar-refractivity contribution in [3.63, 3.8) is 0 Å². The van der Waals surface area contributed by atoms with Crippen molar-refractivity contribution in [2.75, 3.05) is 5.43 Å². The number of rotatable bonds is 5. The van der Waals surface area contributed by atoms with E-state index in [0.29, 0.717) is 0 Å². The molecule has 0 unspecified atom stereocenters. The molecule has 0 radical (unpaired) electrons. The first-order chi connectivity index (χ1) is 11.6. The lowest BCUT2D eigenvalue weighted by atomic mass is 9.99. The minimum Gasteiger partial charge on any atom is -0.278 e. The molecule has 2 aromatic rings. The predicted octanol–water partition coefficient (Wildman–Crippen LogP) is 5.87. The van der Waals surface area contributed by atoms with Gasteiger partial charge in [0, 0.05) is 6.42 Å². The van der Waals surface area contributed by atoms with Crippen molar-refractivity contribution in [2.45, 2.75) is 33.6 Å². The highest BCUT2D eigenvalue weighted by Gasteiger charge is 2.14. The van der Waals surface area contributed by atoms with Gasteiger partial charge in [-0.3, -0.25) is 5.43 Å². The average Bonchev–Trinajstić information content (AvgIpc) is 2.91. The number of anilines is 1.